The molecule has 0 aromatic carbocycles. The van der Waals surface area contributed by atoms with Crippen LogP contribution < -0.4 is 5.32 Å². The Morgan fingerprint density at radius 2 is 0.780 bits per heavy atom. The largest absolute Gasteiger partial charge is 0.394 e. The molecule has 3 heterocycles. The third-order valence-electron chi connectivity index (χ3n) is 16.2. The maximum absolute atomic E-state index is 13.3. The molecular formula is C63H115NO18. The van der Waals surface area contributed by atoms with Crippen molar-refractivity contribution in [2.45, 2.75) is 330 Å². The molecule has 3 fully saturated rings. The normalized spacial score (nSPS) is 29.8. The van der Waals surface area contributed by atoms with Crippen LogP contribution in [0.2, 0.25) is 0 Å². The first-order chi connectivity index (χ1) is 39.8. The van der Waals surface area contributed by atoms with Gasteiger partial charge in [-0.15, -0.1) is 0 Å². The lowest BCUT2D eigenvalue weighted by atomic mass is 9.96. The first kappa shape index (κ1) is 74.3. The predicted octanol–water partition coefficient (Wildman–Crippen LogP) is 6.88. The van der Waals surface area contributed by atoms with Gasteiger partial charge in [-0.2, -0.15) is 0 Å². The monoisotopic (exact) mass is 1170 g/mol. The molecule has 1 amide bonds. The van der Waals surface area contributed by atoms with Gasteiger partial charge >= 0.3 is 0 Å². The van der Waals surface area contributed by atoms with Crippen LogP contribution in [0, 0.1) is 0 Å². The Labute approximate surface area is 491 Å². The van der Waals surface area contributed by atoms with Crippen molar-refractivity contribution in [1.82, 2.24) is 5.32 Å². The number of allylic oxidation sites excluding steroid dienone is 5. The molecule has 0 aromatic rings. The molecule has 0 bridgehead atoms. The van der Waals surface area contributed by atoms with E-state index in [0.717, 1.165) is 57.8 Å². The highest BCUT2D eigenvalue weighted by Gasteiger charge is 2.53. The zero-order valence-electron chi connectivity index (χ0n) is 50.2. The van der Waals surface area contributed by atoms with Gasteiger partial charge in [-0.05, 0) is 57.8 Å². The van der Waals surface area contributed by atoms with Crippen molar-refractivity contribution in [3.05, 3.63) is 36.5 Å². The molecule has 17 atom stereocenters. The molecule has 82 heavy (non-hydrogen) atoms. The molecule has 0 radical (unpaired) electrons. The quantitative estimate of drug-likeness (QED) is 0.0218. The summed E-state index contributed by atoms with van der Waals surface area (Å²) in [5, 5.41) is 120. The second-order valence-electron chi connectivity index (χ2n) is 23.2. The standard InChI is InChI=1S/C63H115NO18/c1-3-5-7-9-11-13-15-17-19-21-22-23-24-25-26-28-30-32-34-36-38-40-47(68)46(64-51(69)41-39-37-35-33-31-29-27-20-18-16-14-12-10-8-6-4-2)45-77-61-57(75)54(72)59(49(43-66)79-61)82-63-58(76)55(73)60(50(44-67)80-63)81-62-56(74)53(71)52(70)48(42-65)78-62/h20,27,30,32,38,40,46-50,52-63,65-68,70-76H,3-19,21-26,28-29,31,33-37,39,41-45H2,1-2H3,(H,64,69)/b27-20-,32-30+,40-38+. The maximum Gasteiger partial charge on any atom is 0.220 e. The number of hydrogen-bond acceptors (Lipinski definition) is 18. The minimum Gasteiger partial charge on any atom is -0.394 e. The minimum atomic E-state index is -1.98. The summed E-state index contributed by atoms with van der Waals surface area (Å²) in [4.78, 5) is 13.3. The summed E-state index contributed by atoms with van der Waals surface area (Å²) in [5.41, 5.74) is 0. The van der Waals surface area contributed by atoms with E-state index >= 15 is 0 Å². The molecule has 3 saturated heterocycles. The number of unbranched alkanes of at least 4 members (excludes halogenated alkanes) is 28. The summed E-state index contributed by atoms with van der Waals surface area (Å²) in [6, 6.07) is -0.993. The van der Waals surface area contributed by atoms with Crippen molar-refractivity contribution < 1.29 is 89.4 Å². The van der Waals surface area contributed by atoms with Crippen LogP contribution in [0.15, 0.2) is 36.5 Å². The van der Waals surface area contributed by atoms with E-state index in [1.807, 2.05) is 6.08 Å². The molecule has 3 aliphatic heterocycles. The number of carbonyl (C=O) groups excluding carboxylic acids is 1. The lowest BCUT2D eigenvalue weighted by Gasteiger charge is -2.48. The smallest absolute Gasteiger partial charge is 0.220 e. The SMILES string of the molecule is CCCCCCCCC/C=C\CCCCCCCC(=O)NC(COC1OC(CO)C(OC2OC(CO)C(OC3OC(CO)C(O)C(O)C3O)C(O)C2O)C(O)C1O)C(O)/C=C/CC/C=C/CCCCCCCCCCCCCCCCC. The Morgan fingerprint density at radius 3 is 1.22 bits per heavy atom. The van der Waals surface area contributed by atoms with Crippen LogP contribution in [0.25, 0.3) is 0 Å². The van der Waals surface area contributed by atoms with Gasteiger partial charge in [0.2, 0.25) is 5.91 Å². The van der Waals surface area contributed by atoms with E-state index in [1.54, 1.807) is 6.08 Å². The highest BCUT2D eigenvalue weighted by Crippen LogP contribution is 2.33. The summed E-state index contributed by atoms with van der Waals surface area (Å²) in [6.45, 7) is 1.71. The topological polar surface area (TPSA) is 307 Å². The number of amides is 1. The first-order valence-corrected chi connectivity index (χ1v) is 32.2. The van der Waals surface area contributed by atoms with Crippen LogP contribution in [-0.2, 0) is 33.2 Å². The van der Waals surface area contributed by atoms with Crippen LogP contribution >= 0.6 is 0 Å². The number of nitrogens with one attached hydrogen (secondary N) is 1. The molecule has 19 nitrogen and oxygen atoms in total. The predicted molar refractivity (Wildman–Crippen MR) is 314 cm³/mol. The fraction of sp³-hybridized carbons (Fsp3) is 0.889. The molecule has 19 heteroatoms. The molecule has 0 aromatic heterocycles. The van der Waals surface area contributed by atoms with Gasteiger partial charge in [0.15, 0.2) is 18.9 Å². The summed E-state index contributed by atoms with van der Waals surface area (Å²) < 4.78 is 34.3. The molecule has 12 N–H and O–H groups in total. The van der Waals surface area contributed by atoms with E-state index in [2.05, 4.69) is 43.5 Å². The number of carbonyl (C=O) groups is 1. The first-order valence-electron chi connectivity index (χ1n) is 32.2. The van der Waals surface area contributed by atoms with Crippen molar-refractivity contribution >= 4 is 5.91 Å². The lowest BCUT2D eigenvalue weighted by molar-refractivity contribution is -0.379. The Hall–Kier alpha value is -1.99. The Balaban J connectivity index is 1.50. The van der Waals surface area contributed by atoms with Crippen LogP contribution in [0.4, 0.5) is 0 Å². The molecule has 3 aliphatic rings. The van der Waals surface area contributed by atoms with Crippen molar-refractivity contribution in [2.24, 2.45) is 0 Å². The van der Waals surface area contributed by atoms with Gasteiger partial charge in [0.1, 0.15) is 73.2 Å². The average molecular weight is 1170 g/mol. The van der Waals surface area contributed by atoms with E-state index in [-0.39, 0.29) is 18.9 Å². The van der Waals surface area contributed by atoms with Gasteiger partial charge in [0.25, 0.3) is 0 Å². The number of hydrogen-bond donors (Lipinski definition) is 12. The van der Waals surface area contributed by atoms with Crippen LogP contribution in [0.5, 0.6) is 0 Å². The summed E-state index contributed by atoms with van der Waals surface area (Å²) in [5.74, 6) is -0.293. The lowest BCUT2D eigenvalue weighted by Crippen LogP contribution is -2.66. The molecule has 17 unspecified atom stereocenters. The van der Waals surface area contributed by atoms with E-state index < -0.39 is 124 Å². The summed E-state index contributed by atoms with van der Waals surface area (Å²) in [7, 11) is 0. The second kappa shape index (κ2) is 46.2. The van der Waals surface area contributed by atoms with Crippen LogP contribution in [0.1, 0.15) is 226 Å². The molecule has 0 aliphatic carbocycles. The van der Waals surface area contributed by atoms with Gasteiger partial charge in [0, 0.05) is 6.42 Å². The summed E-state index contributed by atoms with van der Waals surface area (Å²) in [6.07, 6.45) is 24.1. The number of aliphatic hydroxyl groups excluding tert-OH is 11. The summed E-state index contributed by atoms with van der Waals surface area (Å²) >= 11 is 0. The fourth-order valence-corrected chi connectivity index (χ4v) is 10.8. The number of ether oxygens (including phenoxy) is 6. The second-order valence-corrected chi connectivity index (χ2v) is 23.2. The van der Waals surface area contributed by atoms with Crippen molar-refractivity contribution in [2.75, 3.05) is 26.4 Å². The van der Waals surface area contributed by atoms with E-state index in [9.17, 15) is 61.0 Å². The van der Waals surface area contributed by atoms with E-state index in [4.69, 9.17) is 28.4 Å². The Kier molecular flexibility index (Phi) is 41.8. The van der Waals surface area contributed by atoms with Crippen LogP contribution in [0.3, 0.4) is 0 Å². The van der Waals surface area contributed by atoms with Crippen molar-refractivity contribution in [3.63, 3.8) is 0 Å². The third-order valence-corrected chi connectivity index (χ3v) is 16.2. The number of aliphatic hydroxyl groups is 11. The van der Waals surface area contributed by atoms with Crippen molar-refractivity contribution in [1.29, 1.82) is 0 Å². The molecular weight excluding hydrogens is 1060 g/mol. The minimum absolute atomic E-state index is 0.226. The highest BCUT2D eigenvalue weighted by atomic mass is 16.8. The third kappa shape index (κ3) is 29.1. The molecule has 3 rings (SSSR count). The zero-order valence-corrected chi connectivity index (χ0v) is 50.2. The van der Waals surface area contributed by atoms with E-state index in [0.29, 0.717) is 12.8 Å². The maximum atomic E-state index is 13.3. The van der Waals surface area contributed by atoms with Gasteiger partial charge in [0.05, 0.1) is 38.6 Å². The van der Waals surface area contributed by atoms with E-state index in [1.165, 1.54) is 135 Å². The Morgan fingerprint density at radius 1 is 0.427 bits per heavy atom. The van der Waals surface area contributed by atoms with Gasteiger partial charge < -0.3 is 89.9 Å². The molecule has 0 spiro atoms. The highest BCUT2D eigenvalue weighted by molar-refractivity contribution is 5.76. The van der Waals surface area contributed by atoms with Gasteiger partial charge in [-0.3, -0.25) is 4.79 Å². The number of rotatable bonds is 48. The molecule has 480 valence electrons. The van der Waals surface area contributed by atoms with Crippen LogP contribution in [-0.4, -0.2) is 193 Å². The average Bonchev–Trinajstić information content (AvgIpc) is 3.24. The van der Waals surface area contributed by atoms with Gasteiger partial charge in [-0.1, -0.05) is 198 Å². The van der Waals surface area contributed by atoms with Gasteiger partial charge in [-0.25, -0.2) is 0 Å². The van der Waals surface area contributed by atoms with Crippen molar-refractivity contribution in [3.8, 4) is 0 Å². The zero-order chi connectivity index (χ0) is 59.7. The Bertz CT molecular complexity index is 1640. The molecule has 0 saturated carbocycles. The fourth-order valence-electron chi connectivity index (χ4n) is 10.8.